The first kappa shape index (κ1) is 20.5. The van der Waals surface area contributed by atoms with Crippen LogP contribution in [0.4, 0.5) is 5.69 Å². The number of nitrogens with zero attached hydrogens (tertiary/aromatic N) is 1. The maximum absolute atomic E-state index is 13.3. The molecule has 0 N–H and O–H groups in total. The van der Waals surface area contributed by atoms with Gasteiger partial charge in [-0.15, -0.1) is 0 Å². The van der Waals surface area contributed by atoms with Gasteiger partial charge in [0.15, 0.2) is 11.5 Å². The van der Waals surface area contributed by atoms with Gasteiger partial charge in [-0.3, -0.25) is 9.10 Å². The first-order valence-corrected chi connectivity index (χ1v) is 9.98. The molecule has 0 spiro atoms. The lowest BCUT2D eigenvalue weighted by Gasteiger charge is -2.25. The van der Waals surface area contributed by atoms with E-state index in [9.17, 15) is 18.0 Å². The number of sulfonamides is 1. The van der Waals surface area contributed by atoms with Crippen molar-refractivity contribution in [1.82, 2.24) is 0 Å². The number of anilines is 1. The number of carbonyl (C=O) groups excluding carboxylic acids is 2. The van der Waals surface area contributed by atoms with Crippen LogP contribution in [0.2, 0.25) is 0 Å². The van der Waals surface area contributed by atoms with Gasteiger partial charge in [0.1, 0.15) is 19.8 Å². The summed E-state index contributed by atoms with van der Waals surface area (Å²) in [5.74, 6) is -0.683. The van der Waals surface area contributed by atoms with E-state index in [-0.39, 0.29) is 16.1 Å². The molecule has 2 aromatic rings. The van der Waals surface area contributed by atoms with Crippen LogP contribution in [0.25, 0.3) is 0 Å². The average molecular weight is 421 g/mol. The average Bonchev–Trinajstić information content (AvgIpc) is 2.76. The van der Waals surface area contributed by atoms with Crippen LogP contribution in [0.1, 0.15) is 10.4 Å². The molecule has 0 unspecified atom stereocenters. The van der Waals surface area contributed by atoms with Gasteiger partial charge in [-0.05, 0) is 30.3 Å². The molecule has 3 rings (SSSR count). The van der Waals surface area contributed by atoms with E-state index >= 15 is 0 Å². The molecule has 0 atom stereocenters. The molecule has 2 aromatic carbocycles. The maximum Gasteiger partial charge on any atom is 0.337 e. The Morgan fingerprint density at radius 3 is 2.41 bits per heavy atom. The predicted octanol–water partition coefficient (Wildman–Crippen LogP) is 1.61. The molecular weight excluding hydrogens is 402 g/mol. The number of ether oxygens (including phenoxy) is 4. The van der Waals surface area contributed by atoms with E-state index in [4.69, 9.17) is 9.47 Å². The van der Waals surface area contributed by atoms with Crippen molar-refractivity contribution in [2.45, 2.75) is 4.90 Å². The third kappa shape index (κ3) is 4.27. The highest BCUT2D eigenvalue weighted by Gasteiger charge is 2.29. The number of fused-ring (bicyclic) bond motifs is 1. The summed E-state index contributed by atoms with van der Waals surface area (Å²) >= 11 is 0. The van der Waals surface area contributed by atoms with Crippen molar-refractivity contribution in [3.63, 3.8) is 0 Å². The van der Waals surface area contributed by atoms with E-state index in [1.54, 1.807) is 0 Å². The van der Waals surface area contributed by atoms with E-state index in [0.717, 1.165) is 11.4 Å². The van der Waals surface area contributed by atoms with E-state index in [1.807, 2.05) is 0 Å². The molecule has 1 heterocycles. The van der Waals surface area contributed by atoms with Crippen LogP contribution in [0.3, 0.4) is 0 Å². The highest BCUT2D eigenvalue weighted by molar-refractivity contribution is 7.92. The van der Waals surface area contributed by atoms with Crippen LogP contribution in [-0.2, 0) is 24.3 Å². The lowest BCUT2D eigenvalue weighted by Crippen LogP contribution is -2.36. The summed E-state index contributed by atoms with van der Waals surface area (Å²) in [4.78, 5) is 23.6. The molecule has 154 valence electrons. The van der Waals surface area contributed by atoms with Crippen molar-refractivity contribution >= 4 is 27.6 Å². The van der Waals surface area contributed by atoms with Gasteiger partial charge >= 0.3 is 11.9 Å². The Morgan fingerprint density at radius 2 is 1.72 bits per heavy atom. The largest absolute Gasteiger partial charge is 0.486 e. The fraction of sp³-hybridized carbons (Fsp3) is 0.263. The van der Waals surface area contributed by atoms with Crippen molar-refractivity contribution in [1.29, 1.82) is 0 Å². The SMILES string of the molecule is COC(=O)CN(c1cccc(C(=O)OC)c1)S(=O)(=O)c1ccc2c(c1)OCCO2. The number of esters is 2. The minimum absolute atomic E-state index is 0.103. The Balaban J connectivity index is 2.06. The van der Waals surface area contributed by atoms with Gasteiger partial charge in [0.05, 0.1) is 30.4 Å². The van der Waals surface area contributed by atoms with Crippen molar-refractivity contribution in [2.24, 2.45) is 0 Å². The van der Waals surface area contributed by atoms with Crippen molar-refractivity contribution in [2.75, 3.05) is 38.3 Å². The molecule has 0 amide bonds. The molecule has 9 nitrogen and oxygen atoms in total. The van der Waals surface area contributed by atoms with Gasteiger partial charge in [-0.2, -0.15) is 0 Å². The molecule has 0 saturated carbocycles. The zero-order valence-corrected chi connectivity index (χ0v) is 16.6. The normalized spacial score (nSPS) is 12.8. The zero-order valence-electron chi connectivity index (χ0n) is 15.8. The highest BCUT2D eigenvalue weighted by Crippen LogP contribution is 2.34. The molecule has 1 aliphatic heterocycles. The van der Waals surface area contributed by atoms with Crippen LogP contribution < -0.4 is 13.8 Å². The summed E-state index contributed by atoms with van der Waals surface area (Å²) in [5.41, 5.74) is 0.241. The van der Waals surface area contributed by atoms with Gasteiger partial charge < -0.3 is 18.9 Å². The third-order valence-corrected chi connectivity index (χ3v) is 5.93. The van der Waals surface area contributed by atoms with Crippen LogP contribution in [0.5, 0.6) is 11.5 Å². The topological polar surface area (TPSA) is 108 Å². The molecular formula is C19H19NO8S. The lowest BCUT2D eigenvalue weighted by atomic mass is 10.2. The summed E-state index contributed by atoms with van der Waals surface area (Å²) < 4.78 is 47.7. The van der Waals surface area contributed by atoms with Crippen molar-refractivity contribution in [3.05, 3.63) is 48.0 Å². The summed E-state index contributed by atoms with van der Waals surface area (Å²) in [5, 5.41) is 0. The fourth-order valence-electron chi connectivity index (χ4n) is 2.71. The van der Waals surface area contributed by atoms with Gasteiger partial charge in [-0.1, -0.05) is 6.07 Å². The molecule has 0 aliphatic carbocycles. The Labute approximate surface area is 167 Å². The number of hydrogen-bond acceptors (Lipinski definition) is 8. The number of carbonyl (C=O) groups is 2. The Bertz CT molecular complexity index is 1030. The van der Waals surface area contributed by atoms with E-state index in [0.29, 0.717) is 24.7 Å². The lowest BCUT2D eigenvalue weighted by molar-refractivity contribution is -0.138. The van der Waals surface area contributed by atoms with E-state index in [2.05, 4.69) is 9.47 Å². The predicted molar refractivity (Wildman–Crippen MR) is 102 cm³/mol. The van der Waals surface area contributed by atoms with Crippen LogP contribution in [0, 0.1) is 0 Å². The van der Waals surface area contributed by atoms with E-state index < -0.39 is 28.5 Å². The third-order valence-electron chi connectivity index (χ3n) is 4.16. The number of hydrogen-bond donors (Lipinski definition) is 0. The maximum atomic E-state index is 13.3. The minimum atomic E-state index is -4.20. The first-order chi connectivity index (χ1) is 13.9. The van der Waals surface area contributed by atoms with Gasteiger partial charge in [0.2, 0.25) is 0 Å². The summed E-state index contributed by atoms with van der Waals surface area (Å²) in [6, 6.07) is 9.93. The van der Waals surface area contributed by atoms with Gasteiger partial charge in [0, 0.05) is 6.07 Å². The molecule has 0 aromatic heterocycles. The smallest absolute Gasteiger partial charge is 0.337 e. The van der Waals surface area contributed by atoms with Gasteiger partial charge in [0.25, 0.3) is 10.0 Å². The Hall–Kier alpha value is -3.27. The Kier molecular flexibility index (Phi) is 5.92. The molecule has 1 aliphatic rings. The summed E-state index contributed by atoms with van der Waals surface area (Å²) in [6.45, 7) is 0.0787. The number of rotatable bonds is 6. The fourth-order valence-corrected chi connectivity index (χ4v) is 4.13. The standard InChI is InChI=1S/C19H19NO8S/c1-25-18(21)12-20(14-5-3-4-13(10-14)19(22)26-2)29(23,24)15-6-7-16-17(11-15)28-9-8-27-16/h3-7,10-11H,8-9,12H2,1-2H3. The molecule has 10 heteroatoms. The quantitative estimate of drug-likeness (QED) is 0.648. The summed E-state index contributed by atoms with van der Waals surface area (Å²) in [7, 11) is -1.83. The highest BCUT2D eigenvalue weighted by atomic mass is 32.2. The zero-order chi connectivity index (χ0) is 21.0. The van der Waals surface area contributed by atoms with E-state index in [1.165, 1.54) is 49.6 Å². The second-order valence-electron chi connectivity index (χ2n) is 5.94. The molecule has 0 saturated heterocycles. The van der Waals surface area contributed by atoms with Crippen LogP contribution >= 0.6 is 0 Å². The monoisotopic (exact) mass is 421 g/mol. The van der Waals surface area contributed by atoms with Crippen molar-refractivity contribution < 1.29 is 37.0 Å². The van der Waals surface area contributed by atoms with Gasteiger partial charge in [-0.25, -0.2) is 13.2 Å². The molecule has 0 radical (unpaired) electrons. The number of methoxy groups -OCH3 is 2. The van der Waals surface area contributed by atoms with Crippen LogP contribution in [0.15, 0.2) is 47.4 Å². The second-order valence-corrected chi connectivity index (χ2v) is 7.80. The van der Waals surface area contributed by atoms with Crippen molar-refractivity contribution in [3.8, 4) is 11.5 Å². The summed E-state index contributed by atoms with van der Waals surface area (Å²) in [6.07, 6.45) is 0. The minimum Gasteiger partial charge on any atom is -0.486 e. The first-order valence-electron chi connectivity index (χ1n) is 8.54. The Morgan fingerprint density at radius 1 is 1.00 bits per heavy atom. The second kappa shape index (κ2) is 8.39. The molecule has 29 heavy (non-hydrogen) atoms. The number of benzene rings is 2. The molecule has 0 fully saturated rings. The molecule has 0 bridgehead atoms. The van der Waals surface area contributed by atoms with Crippen LogP contribution in [-0.4, -0.2) is 54.3 Å².